The minimum absolute atomic E-state index is 0.238. The van der Waals surface area contributed by atoms with E-state index >= 15 is 0 Å². The van der Waals surface area contributed by atoms with Gasteiger partial charge >= 0.3 is 5.97 Å². The Labute approximate surface area is 86.3 Å². The number of rotatable bonds is 8. The zero-order valence-corrected chi connectivity index (χ0v) is 8.96. The van der Waals surface area contributed by atoms with Crippen molar-refractivity contribution in [3.63, 3.8) is 0 Å². The summed E-state index contributed by atoms with van der Waals surface area (Å²) in [6, 6.07) is 0. The summed E-state index contributed by atoms with van der Waals surface area (Å²) in [4.78, 5) is 10.2. The summed E-state index contributed by atoms with van der Waals surface area (Å²) in [6.45, 7) is 6.03. The molecule has 0 saturated carbocycles. The predicted octanol–water partition coefficient (Wildman–Crippen LogP) is 3.54. The van der Waals surface area contributed by atoms with Crippen LogP contribution in [0.2, 0.25) is 0 Å². The van der Waals surface area contributed by atoms with Gasteiger partial charge in [-0.05, 0) is 19.3 Å². The number of allylic oxidation sites excluding steroid dienone is 3. The molecule has 0 aliphatic carbocycles. The Morgan fingerprint density at radius 2 is 2.07 bits per heavy atom. The maximum Gasteiger partial charge on any atom is 0.303 e. The molecule has 0 heterocycles. The summed E-state index contributed by atoms with van der Waals surface area (Å²) in [6.07, 6.45) is 9.34. The average Bonchev–Trinajstić information content (AvgIpc) is 2.12. The fourth-order valence-corrected chi connectivity index (χ4v) is 1.12. The zero-order valence-electron chi connectivity index (χ0n) is 8.96. The first-order chi connectivity index (χ1) is 6.66. The maximum absolute atomic E-state index is 10.2. The van der Waals surface area contributed by atoms with Crippen LogP contribution >= 0.6 is 0 Å². The number of unbranched alkanes of at least 4 members (excludes halogenated alkanes) is 2. The number of carboxylic acid groups (broad SMARTS) is 1. The molecule has 0 rings (SSSR count). The lowest BCUT2D eigenvalue weighted by molar-refractivity contribution is -0.137. The van der Waals surface area contributed by atoms with Gasteiger partial charge in [0.1, 0.15) is 0 Å². The van der Waals surface area contributed by atoms with E-state index in [1.165, 1.54) is 12.8 Å². The number of hydrogen-bond donors (Lipinski definition) is 1. The summed E-state index contributed by atoms with van der Waals surface area (Å²) in [5.41, 5.74) is 1.03. The Hall–Kier alpha value is -1.05. The molecule has 1 N–H and O–H groups in total. The predicted molar refractivity (Wildman–Crippen MR) is 59.3 cm³/mol. The lowest BCUT2D eigenvalue weighted by atomic mass is 10.1. The molecule has 0 atom stereocenters. The second-order valence-corrected chi connectivity index (χ2v) is 3.45. The first kappa shape index (κ1) is 12.9. The molecule has 0 fully saturated rings. The zero-order chi connectivity index (χ0) is 10.8. The minimum atomic E-state index is -0.729. The first-order valence-corrected chi connectivity index (χ1v) is 5.23. The van der Waals surface area contributed by atoms with E-state index in [0.29, 0.717) is 6.42 Å². The third kappa shape index (κ3) is 9.04. The van der Waals surface area contributed by atoms with Crippen LogP contribution in [0.3, 0.4) is 0 Å². The van der Waals surface area contributed by atoms with Crippen LogP contribution in [0.15, 0.2) is 24.3 Å². The Morgan fingerprint density at radius 1 is 1.36 bits per heavy atom. The van der Waals surface area contributed by atoms with Crippen molar-refractivity contribution in [3.05, 3.63) is 24.3 Å². The van der Waals surface area contributed by atoms with E-state index in [2.05, 4.69) is 19.6 Å². The van der Waals surface area contributed by atoms with Crippen molar-refractivity contribution in [2.24, 2.45) is 0 Å². The van der Waals surface area contributed by atoms with Crippen LogP contribution in [0.5, 0.6) is 0 Å². The summed E-state index contributed by atoms with van der Waals surface area (Å²) in [7, 11) is 0. The summed E-state index contributed by atoms with van der Waals surface area (Å²) >= 11 is 0. The topological polar surface area (TPSA) is 37.3 Å². The monoisotopic (exact) mass is 196 g/mol. The molecule has 0 unspecified atom stereocenters. The van der Waals surface area contributed by atoms with Gasteiger partial charge in [0.25, 0.3) is 0 Å². The average molecular weight is 196 g/mol. The Morgan fingerprint density at radius 3 is 2.64 bits per heavy atom. The first-order valence-electron chi connectivity index (χ1n) is 5.23. The van der Waals surface area contributed by atoms with Gasteiger partial charge in [-0.3, -0.25) is 4.79 Å². The van der Waals surface area contributed by atoms with Crippen LogP contribution in [0, 0.1) is 0 Å². The van der Waals surface area contributed by atoms with Gasteiger partial charge in [0.2, 0.25) is 0 Å². The fourth-order valence-electron chi connectivity index (χ4n) is 1.12. The number of hydrogen-bond acceptors (Lipinski definition) is 1. The van der Waals surface area contributed by atoms with Gasteiger partial charge in [-0.2, -0.15) is 0 Å². The van der Waals surface area contributed by atoms with Crippen LogP contribution in [-0.4, -0.2) is 11.1 Å². The van der Waals surface area contributed by atoms with Crippen molar-refractivity contribution in [1.82, 2.24) is 0 Å². The highest BCUT2D eigenvalue weighted by Gasteiger charge is 1.96. The molecule has 14 heavy (non-hydrogen) atoms. The maximum atomic E-state index is 10.2. The van der Waals surface area contributed by atoms with Gasteiger partial charge < -0.3 is 5.11 Å². The van der Waals surface area contributed by atoms with Gasteiger partial charge in [-0.1, -0.05) is 44.1 Å². The molecule has 0 saturated heterocycles. The third-order valence-electron chi connectivity index (χ3n) is 1.97. The molecular weight excluding hydrogens is 176 g/mol. The number of carboxylic acids is 1. The van der Waals surface area contributed by atoms with Crippen molar-refractivity contribution < 1.29 is 9.90 Å². The van der Waals surface area contributed by atoms with Crippen molar-refractivity contribution in [1.29, 1.82) is 0 Å². The van der Waals surface area contributed by atoms with Gasteiger partial charge in [0.05, 0.1) is 0 Å². The SMILES string of the molecule is C=C(C=CCCCC)CCCC(=O)O. The molecule has 2 nitrogen and oxygen atoms in total. The third-order valence-corrected chi connectivity index (χ3v) is 1.97. The molecule has 0 radical (unpaired) electrons. The van der Waals surface area contributed by atoms with Crippen LogP contribution in [0.1, 0.15) is 45.4 Å². The highest BCUT2D eigenvalue weighted by atomic mass is 16.4. The Bertz CT molecular complexity index is 204. The molecule has 0 aromatic carbocycles. The van der Waals surface area contributed by atoms with Gasteiger partial charge in [0.15, 0.2) is 0 Å². The van der Waals surface area contributed by atoms with Crippen LogP contribution in [0.4, 0.5) is 0 Å². The Balaban J connectivity index is 3.45. The van der Waals surface area contributed by atoms with Crippen molar-refractivity contribution in [2.75, 3.05) is 0 Å². The minimum Gasteiger partial charge on any atom is -0.481 e. The van der Waals surface area contributed by atoms with Gasteiger partial charge in [-0.25, -0.2) is 0 Å². The van der Waals surface area contributed by atoms with Crippen LogP contribution < -0.4 is 0 Å². The second-order valence-electron chi connectivity index (χ2n) is 3.45. The molecule has 0 aliphatic heterocycles. The van der Waals surface area contributed by atoms with E-state index in [4.69, 9.17) is 5.11 Å². The summed E-state index contributed by atoms with van der Waals surface area (Å²) in [5.74, 6) is -0.729. The molecule has 80 valence electrons. The molecule has 0 aromatic heterocycles. The Kier molecular flexibility index (Phi) is 7.90. The largest absolute Gasteiger partial charge is 0.481 e. The quantitative estimate of drug-likeness (QED) is 0.476. The van der Waals surface area contributed by atoms with E-state index in [-0.39, 0.29) is 6.42 Å². The number of carbonyl (C=O) groups is 1. The number of aliphatic carboxylic acids is 1. The van der Waals surface area contributed by atoms with Crippen LogP contribution in [0.25, 0.3) is 0 Å². The molecule has 0 aromatic rings. The molecule has 0 aliphatic rings. The second kappa shape index (κ2) is 8.54. The van der Waals surface area contributed by atoms with E-state index in [9.17, 15) is 4.79 Å². The van der Waals surface area contributed by atoms with Crippen molar-refractivity contribution in [2.45, 2.75) is 45.4 Å². The van der Waals surface area contributed by atoms with Gasteiger partial charge in [-0.15, -0.1) is 0 Å². The highest BCUT2D eigenvalue weighted by Crippen LogP contribution is 2.07. The van der Waals surface area contributed by atoms with Crippen molar-refractivity contribution in [3.8, 4) is 0 Å². The summed E-state index contributed by atoms with van der Waals surface area (Å²) < 4.78 is 0. The smallest absolute Gasteiger partial charge is 0.303 e. The molecule has 2 heteroatoms. The highest BCUT2D eigenvalue weighted by molar-refractivity contribution is 5.66. The van der Waals surface area contributed by atoms with E-state index in [0.717, 1.165) is 18.4 Å². The van der Waals surface area contributed by atoms with E-state index in [1.54, 1.807) is 0 Å². The summed E-state index contributed by atoms with van der Waals surface area (Å²) in [5, 5.41) is 8.42. The molecule has 0 amide bonds. The normalized spacial score (nSPS) is 10.6. The lowest BCUT2D eigenvalue weighted by Gasteiger charge is -1.97. The van der Waals surface area contributed by atoms with E-state index < -0.39 is 5.97 Å². The van der Waals surface area contributed by atoms with Crippen molar-refractivity contribution >= 4 is 5.97 Å². The van der Waals surface area contributed by atoms with Gasteiger partial charge in [0, 0.05) is 6.42 Å². The fraction of sp³-hybridized carbons (Fsp3) is 0.583. The molecular formula is C12H20O2. The van der Waals surface area contributed by atoms with Crippen LogP contribution in [-0.2, 0) is 4.79 Å². The molecule has 0 spiro atoms. The van der Waals surface area contributed by atoms with E-state index in [1.807, 2.05) is 6.08 Å². The molecule has 0 bridgehead atoms. The standard InChI is InChI=1S/C12H20O2/c1-3-4-5-6-8-11(2)9-7-10-12(13)14/h6,8H,2-5,7,9-10H2,1H3,(H,13,14). The lowest BCUT2D eigenvalue weighted by Crippen LogP contribution is -1.93.